The molecule has 0 saturated carbocycles. The standard InChI is InChI=1S/C19H19N5O2/c25-18-16(14-5-2-1-3-6-14)17(15-7-8-21-22-15)24(19(18)26)11-4-10-23-12-9-20-13-23/h1-3,5-9,12-13,16-17H,4,10-11H2,(H,21,22). The second kappa shape index (κ2) is 6.95. The number of rotatable bonds is 6. The van der Waals surface area contributed by atoms with Crippen molar-refractivity contribution >= 4 is 11.7 Å². The smallest absolute Gasteiger partial charge is 0.291 e. The number of aromatic amines is 1. The van der Waals surface area contributed by atoms with E-state index in [9.17, 15) is 9.59 Å². The first-order valence-electron chi connectivity index (χ1n) is 8.60. The Morgan fingerprint density at radius 3 is 2.58 bits per heavy atom. The number of hydrogen-bond donors (Lipinski definition) is 1. The molecule has 0 radical (unpaired) electrons. The van der Waals surface area contributed by atoms with Crippen molar-refractivity contribution in [2.24, 2.45) is 0 Å². The van der Waals surface area contributed by atoms with Crippen LogP contribution >= 0.6 is 0 Å². The average Bonchev–Trinajstić information content (AvgIpc) is 3.40. The lowest BCUT2D eigenvalue weighted by atomic mass is 9.89. The van der Waals surface area contributed by atoms with Gasteiger partial charge in [-0.15, -0.1) is 0 Å². The minimum absolute atomic E-state index is 0.359. The van der Waals surface area contributed by atoms with Gasteiger partial charge in [0.15, 0.2) is 0 Å². The van der Waals surface area contributed by atoms with Gasteiger partial charge < -0.3 is 9.47 Å². The fourth-order valence-corrected chi connectivity index (χ4v) is 3.58. The highest BCUT2D eigenvalue weighted by atomic mass is 16.2. The number of carbonyl (C=O) groups excluding carboxylic acids is 2. The molecular formula is C19H19N5O2. The third kappa shape index (κ3) is 2.92. The van der Waals surface area contributed by atoms with E-state index in [1.807, 2.05) is 47.2 Å². The zero-order chi connectivity index (χ0) is 17.9. The second-order valence-corrected chi connectivity index (χ2v) is 6.36. The molecule has 0 aliphatic carbocycles. The highest BCUT2D eigenvalue weighted by Gasteiger charge is 2.48. The number of H-pyrrole nitrogens is 1. The van der Waals surface area contributed by atoms with E-state index in [-0.39, 0.29) is 11.8 Å². The predicted octanol–water partition coefficient (Wildman–Crippen LogP) is 1.93. The molecule has 3 heterocycles. The van der Waals surface area contributed by atoms with Crippen molar-refractivity contribution in [2.45, 2.75) is 24.9 Å². The molecule has 1 aromatic carbocycles. The Kier molecular flexibility index (Phi) is 4.35. The summed E-state index contributed by atoms with van der Waals surface area (Å²) < 4.78 is 1.96. The number of aromatic nitrogens is 4. The predicted molar refractivity (Wildman–Crippen MR) is 94.1 cm³/mol. The van der Waals surface area contributed by atoms with Gasteiger partial charge in [-0.05, 0) is 18.1 Å². The van der Waals surface area contributed by atoms with Crippen LogP contribution in [-0.4, -0.2) is 42.9 Å². The molecule has 7 nitrogen and oxygen atoms in total. The van der Waals surface area contributed by atoms with Gasteiger partial charge in [-0.3, -0.25) is 14.7 Å². The molecule has 0 spiro atoms. The van der Waals surface area contributed by atoms with Crippen LogP contribution in [0.25, 0.3) is 0 Å². The second-order valence-electron chi connectivity index (χ2n) is 6.36. The number of likely N-dealkylation sites (tertiary alicyclic amines) is 1. The average molecular weight is 349 g/mol. The summed E-state index contributed by atoms with van der Waals surface area (Å²) in [5.41, 5.74) is 1.63. The number of hydrogen-bond acceptors (Lipinski definition) is 4. The van der Waals surface area contributed by atoms with Crippen LogP contribution < -0.4 is 0 Å². The maximum atomic E-state index is 12.8. The molecule has 1 N–H and O–H groups in total. The fourth-order valence-electron chi connectivity index (χ4n) is 3.58. The lowest BCUT2D eigenvalue weighted by Gasteiger charge is -2.26. The van der Waals surface area contributed by atoms with Crippen molar-refractivity contribution < 1.29 is 9.59 Å². The van der Waals surface area contributed by atoms with Gasteiger partial charge in [0.25, 0.3) is 5.91 Å². The number of Topliss-reactive ketones (excluding diaryl/α,β-unsaturated/α-hetero) is 1. The third-order valence-corrected chi connectivity index (χ3v) is 4.78. The number of benzene rings is 1. The van der Waals surface area contributed by atoms with E-state index in [4.69, 9.17) is 0 Å². The highest BCUT2D eigenvalue weighted by molar-refractivity contribution is 6.40. The molecule has 1 aliphatic rings. The van der Waals surface area contributed by atoms with Gasteiger partial charge in [0.05, 0.1) is 24.0 Å². The lowest BCUT2D eigenvalue weighted by molar-refractivity contribution is -0.140. The Morgan fingerprint density at radius 1 is 1.04 bits per heavy atom. The van der Waals surface area contributed by atoms with E-state index in [1.54, 1.807) is 23.6 Å². The van der Waals surface area contributed by atoms with Gasteiger partial charge in [-0.2, -0.15) is 5.10 Å². The van der Waals surface area contributed by atoms with E-state index in [0.29, 0.717) is 6.54 Å². The molecule has 2 unspecified atom stereocenters. The minimum Gasteiger partial charge on any atom is -0.337 e. The fraction of sp³-hybridized carbons (Fsp3) is 0.263. The summed E-state index contributed by atoms with van der Waals surface area (Å²) in [6.07, 6.45) is 7.74. The molecule has 0 bridgehead atoms. The molecule has 2 atom stereocenters. The summed E-state index contributed by atoms with van der Waals surface area (Å²) in [6.45, 7) is 1.24. The SMILES string of the molecule is O=C1C(=O)N(CCCn2ccnc2)C(c2ccn[nH]2)C1c1ccccc1. The monoisotopic (exact) mass is 349 g/mol. The topological polar surface area (TPSA) is 83.9 Å². The molecule has 4 rings (SSSR count). The van der Waals surface area contributed by atoms with Crippen molar-refractivity contribution in [2.75, 3.05) is 6.54 Å². The number of nitrogens with one attached hydrogen (secondary N) is 1. The number of imidazole rings is 1. The summed E-state index contributed by atoms with van der Waals surface area (Å²) in [5, 5.41) is 6.96. The van der Waals surface area contributed by atoms with Gasteiger partial charge in [0.1, 0.15) is 0 Å². The zero-order valence-electron chi connectivity index (χ0n) is 14.2. The van der Waals surface area contributed by atoms with Gasteiger partial charge in [0, 0.05) is 31.7 Å². The molecule has 3 aromatic rings. The van der Waals surface area contributed by atoms with Crippen molar-refractivity contribution in [1.82, 2.24) is 24.6 Å². The van der Waals surface area contributed by atoms with Crippen LogP contribution in [0.15, 0.2) is 61.3 Å². The molecule has 1 saturated heterocycles. The molecular weight excluding hydrogens is 330 g/mol. The van der Waals surface area contributed by atoms with E-state index < -0.39 is 11.8 Å². The van der Waals surface area contributed by atoms with Gasteiger partial charge in [-0.25, -0.2) is 4.98 Å². The van der Waals surface area contributed by atoms with Crippen LogP contribution in [0.4, 0.5) is 0 Å². The first-order valence-corrected chi connectivity index (χ1v) is 8.60. The first kappa shape index (κ1) is 16.3. The number of ketones is 1. The largest absolute Gasteiger partial charge is 0.337 e. The Balaban J connectivity index is 1.61. The van der Waals surface area contributed by atoms with Crippen LogP contribution in [-0.2, 0) is 16.1 Å². The Labute approximate surface area is 150 Å². The zero-order valence-corrected chi connectivity index (χ0v) is 14.2. The summed E-state index contributed by atoms with van der Waals surface area (Å²) in [6, 6.07) is 10.9. The summed E-state index contributed by atoms with van der Waals surface area (Å²) in [5.74, 6) is -1.31. The van der Waals surface area contributed by atoms with Gasteiger partial charge in [-0.1, -0.05) is 30.3 Å². The van der Waals surface area contributed by atoms with Crippen molar-refractivity contribution in [3.05, 3.63) is 72.6 Å². The Morgan fingerprint density at radius 2 is 1.88 bits per heavy atom. The molecule has 1 fully saturated rings. The normalized spacial score (nSPS) is 20.1. The van der Waals surface area contributed by atoms with Crippen LogP contribution in [0.1, 0.15) is 29.6 Å². The third-order valence-electron chi connectivity index (χ3n) is 4.78. The summed E-state index contributed by atoms with van der Waals surface area (Å²) in [7, 11) is 0. The number of nitrogens with zero attached hydrogens (tertiary/aromatic N) is 4. The number of aryl methyl sites for hydroxylation is 1. The highest BCUT2D eigenvalue weighted by Crippen LogP contribution is 2.41. The van der Waals surface area contributed by atoms with Gasteiger partial charge in [0.2, 0.25) is 5.78 Å². The number of carbonyl (C=O) groups is 2. The molecule has 1 amide bonds. The Bertz CT molecular complexity index is 874. The molecule has 2 aromatic heterocycles. The van der Waals surface area contributed by atoms with Crippen molar-refractivity contribution in [1.29, 1.82) is 0 Å². The molecule has 7 heteroatoms. The number of amides is 1. The van der Waals surface area contributed by atoms with Crippen molar-refractivity contribution in [3.8, 4) is 0 Å². The van der Waals surface area contributed by atoms with E-state index in [2.05, 4.69) is 15.2 Å². The molecule has 26 heavy (non-hydrogen) atoms. The molecule has 1 aliphatic heterocycles. The maximum absolute atomic E-state index is 12.8. The van der Waals surface area contributed by atoms with Crippen LogP contribution in [0.5, 0.6) is 0 Å². The van der Waals surface area contributed by atoms with E-state index in [0.717, 1.165) is 24.2 Å². The van der Waals surface area contributed by atoms with Crippen LogP contribution in [0.2, 0.25) is 0 Å². The molecule has 132 valence electrons. The van der Waals surface area contributed by atoms with Crippen LogP contribution in [0.3, 0.4) is 0 Å². The van der Waals surface area contributed by atoms with E-state index in [1.165, 1.54) is 0 Å². The minimum atomic E-state index is -0.516. The summed E-state index contributed by atoms with van der Waals surface area (Å²) in [4.78, 5) is 31.2. The van der Waals surface area contributed by atoms with Gasteiger partial charge >= 0.3 is 0 Å². The first-order chi connectivity index (χ1) is 12.8. The lowest BCUT2D eigenvalue weighted by Crippen LogP contribution is -2.31. The Hall–Kier alpha value is -3.22. The summed E-state index contributed by atoms with van der Waals surface area (Å²) >= 11 is 0. The van der Waals surface area contributed by atoms with Crippen molar-refractivity contribution in [3.63, 3.8) is 0 Å². The van der Waals surface area contributed by atoms with E-state index >= 15 is 0 Å². The van der Waals surface area contributed by atoms with Crippen LogP contribution in [0, 0.1) is 0 Å². The quantitative estimate of drug-likeness (QED) is 0.689. The maximum Gasteiger partial charge on any atom is 0.291 e.